The summed E-state index contributed by atoms with van der Waals surface area (Å²) in [6.45, 7) is 1.77. The van der Waals surface area contributed by atoms with Crippen LogP contribution in [0, 0.1) is 0 Å². The van der Waals surface area contributed by atoms with Crippen molar-refractivity contribution in [1.29, 1.82) is 0 Å². The van der Waals surface area contributed by atoms with Crippen molar-refractivity contribution in [3.63, 3.8) is 0 Å². The van der Waals surface area contributed by atoms with Crippen molar-refractivity contribution in [2.75, 3.05) is 13.1 Å². The number of nitrogens with one attached hydrogen (secondary N) is 1. The summed E-state index contributed by atoms with van der Waals surface area (Å²) in [5.41, 5.74) is 0. The first kappa shape index (κ1) is 11.3. The summed E-state index contributed by atoms with van der Waals surface area (Å²) in [4.78, 5) is 9.94. The molecule has 0 aliphatic heterocycles. The Morgan fingerprint density at radius 2 is 2.17 bits per heavy atom. The maximum absolute atomic E-state index is 12.6. The molecule has 0 aromatic rings. The molecule has 0 heterocycles. The van der Waals surface area contributed by atoms with Crippen molar-refractivity contribution in [1.82, 2.24) is 5.32 Å². The van der Waals surface area contributed by atoms with Gasteiger partial charge in [0.25, 0.3) is 5.92 Å². The molecule has 0 saturated carbocycles. The number of aliphatic carboxylic acids is 1. The van der Waals surface area contributed by atoms with E-state index < -0.39 is 24.9 Å². The highest BCUT2D eigenvalue weighted by Crippen LogP contribution is 2.16. The maximum atomic E-state index is 12.6. The Bertz CT molecular complexity index is 150. The van der Waals surface area contributed by atoms with Gasteiger partial charge < -0.3 is 10.4 Å². The summed E-state index contributed by atoms with van der Waals surface area (Å²) in [6, 6.07) is 0. The van der Waals surface area contributed by atoms with Crippen LogP contribution in [0.15, 0.2) is 0 Å². The van der Waals surface area contributed by atoms with Crippen LogP contribution in [0.25, 0.3) is 0 Å². The number of hydrogen-bond donors (Lipinski definition) is 2. The highest BCUT2D eigenvalue weighted by Gasteiger charge is 2.31. The van der Waals surface area contributed by atoms with Gasteiger partial charge in [0.2, 0.25) is 0 Å². The molecule has 12 heavy (non-hydrogen) atoms. The molecule has 0 fully saturated rings. The zero-order chi connectivity index (χ0) is 9.61. The van der Waals surface area contributed by atoms with Gasteiger partial charge in [-0.25, -0.2) is 8.78 Å². The molecule has 3 nitrogen and oxygen atoms in total. The molecule has 0 rings (SSSR count). The topological polar surface area (TPSA) is 49.3 Å². The van der Waals surface area contributed by atoms with E-state index in [9.17, 15) is 13.6 Å². The van der Waals surface area contributed by atoms with Crippen LogP contribution in [0.4, 0.5) is 8.78 Å². The van der Waals surface area contributed by atoms with E-state index in [0.29, 0.717) is 6.54 Å². The summed E-state index contributed by atoms with van der Waals surface area (Å²) in [5.74, 6) is -4.61. The lowest BCUT2D eigenvalue weighted by Crippen LogP contribution is -2.35. The fraction of sp³-hybridized carbons (Fsp3) is 0.857. The smallest absolute Gasteiger partial charge is 0.309 e. The molecule has 0 radical (unpaired) electrons. The molecular formula is C7H13F2NO2. The van der Waals surface area contributed by atoms with Gasteiger partial charge in [-0.1, -0.05) is 6.92 Å². The molecule has 0 saturated heterocycles. The summed E-state index contributed by atoms with van der Waals surface area (Å²) in [5, 5.41) is 10.6. The van der Waals surface area contributed by atoms with E-state index in [1.807, 2.05) is 6.92 Å². The number of hydrogen-bond acceptors (Lipinski definition) is 2. The van der Waals surface area contributed by atoms with Gasteiger partial charge in [-0.05, 0) is 13.0 Å². The van der Waals surface area contributed by atoms with Crippen LogP contribution in [0.2, 0.25) is 0 Å². The zero-order valence-electron chi connectivity index (χ0n) is 6.94. The highest BCUT2D eigenvalue weighted by atomic mass is 19.3. The Morgan fingerprint density at radius 3 is 2.58 bits per heavy atom. The van der Waals surface area contributed by atoms with Gasteiger partial charge in [-0.15, -0.1) is 0 Å². The second-order valence-corrected chi connectivity index (χ2v) is 2.60. The first-order valence-electron chi connectivity index (χ1n) is 3.78. The minimum atomic E-state index is -3.14. The molecule has 0 atom stereocenters. The van der Waals surface area contributed by atoms with Crippen LogP contribution < -0.4 is 5.32 Å². The number of alkyl halides is 2. The standard InChI is InChI=1S/C7H13F2NO2/c1-2-3-10-5-7(8,9)4-6(11)12/h10H,2-5H2,1H3,(H,11,12). The molecule has 2 N–H and O–H groups in total. The predicted octanol–water partition coefficient (Wildman–Crippen LogP) is 1.10. The quantitative estimate of drug-likeness (QED) is 0.603. The van der Waals surface area contributed by atoms with Crippen molar-refractivity contribution >= 4 is 5.97 Å². The number of rotatable bonds is 6. The van der Waals surface area contributed by atoms with Gasteiger partial charge in [0.1, 0.15) is 6.42 Å². The van der Waals surface area contributed by atoms with E-state index in [0.717, 1.165) is 6.42 Å². The molecule has 0 amide bonds. The van der Waals surface area contributed by atoms with Crippen molar-refractivity contribution in [3.05, 3.63) is 0 Å². The van der Waals surface area contributed by atoms with Crippen LogP contribution in [0.5, 0.6) is 0 Å². The normalized spacial score (nSPS) is 11.6. The van der Waals surface area contributed by atoms with Gasteiger partial charge in [-0.3, -0.25) is 4.79 Å². The molecule has 0 aliphatic rings. The number of carboxylic acids is 1. The molecule has 0 aromatic heterocycles. The van der Waals surface area contributed by atoms with Crippen LogP contribution >= 0.6 is 0 Å². The molecule has 0 bridgehead atoms. The molecule has 5 heteroatoms. The average molecular weight is 181 g/mol. The number of carbonyl (C=O) groups is 1. The second kappa shape index (κ2) is 5.03. The lowest BCUT2D eigenvalue weighted by molar-refractivity contribution is -0.144. The first-order valence-corrected chi connectivity index (χ1v) is 3.78. The lowest BCUT2D eigenvalue weighted by Gasteiger charge is -2.13. The Balaban J connectivity index is 3.63. The maximum Gasteiger partial charge on any atom is 0.309 e. The predicted molar refractivity (Wildman–Crippen MR) is 40.4 cm³/mol. The molecule has 0 aliphatic carbocycles. The van der Waals surface area contributed by atoms with E-state index in [1.165, 1.54) is 0 Å². The number of halogens is 2. The Morgan fingerprint density at radius 1 is 1.58 bits per heavy atom. The third-order valence-electron chi connectivity index (χ3n) is 1.22. The third-order valence-corrected chi connectivity index (χ3v) is 1.22. The van der Waals surface area contributed by atoms with E-state index in [4.69, 9.17) is 5.11 Å². The summed E-state index contributed by atoms with van der Waals surface area (Å²) >= 11 is 0. The molecule has 0 unspecified atom stereocenters. The van der Waals surface area contributed by atoms with Gasteiger partial charge in [0.05, 0.1) is 6.54 Å². The van der Waals surface area contributed by atoms with Crippen molar-refractivity contribution < 1.29 is 18.7 Å². The Labute approximate surface area is 69.8 Å². The summed E-state index contributed by atoms with van der Waals surface area (Å²) in [7, 11) is 0. The van der Waals surface area contributed by atoms with Gasteiger partial charge in [0, 0.05) is 0 Å². The van der Waals surface area contributed by atoms with E-state index in [-0.39, 0.29) is 0 Å². The highest BCUT2D eigenvalue weighted by molar-refractivity contribution is 5.67. The fourth-order valence-electron chi connectivity index (χ4n) is 0.732. The molecular weight excluding hydrogens is 168 g/mol. The minimum absolute atomic E-state index is 0.481. The summed E-state index contributed by atoms with van der Waals surface area (Å²) in [6.07, 6.45) is -0.354. The largest absolute Gasteiger partial charge is 0.481 e. The molecule has 72 valence electrons. The monoisotopic (exact) mass is 181 g/mol. The van der Waals surface area contributed by atoms with Crippen LogP contribution in [-0.2, 0) is 4.79 Å². The van der Waals surface area contributed by atoms with Gasteiger partial charge in [-0.2, -0.15) is 0 Å². The molecule has 0 aromatic carbocycles. The van der Waals surface area contributed by atoms with E-state index in [2.05, 4.69) is 5.32 Å². The van der Waals surface area contributed by atoms with Crippen LogP contribution in [0.1, 0.15) is 19.8 Å². The SMILES string of the molecule is CCCNCC(F)(F)CC(=O)O. The van der Waals surface area contributed by atoms with Crippen molar-refractivity contribution in [2.45, 2.75) is 25.7 Å². The first-order chi connectivity index (χ1) is 5.48. The Kier molecular flexibility index (Phi) is 4.73. The third kappa shape index (κ3) is 6.03. The molecule has 0 spiro atoms. The zero-order valence-corrected chi connectivity index (χ0v) is 6.94. The summed E-state index contributed by atoms with van der Waals surface area (Å²) < 4.78 is 25.1. The van der Waals surface area contributed by atoms with Crippen LogP contribution in [0.3, 0.4) is 0 Å². The van der Waals surface area contributed by atoms with Crippen molar-refractivity contribution in [3.8, 4) is 0 Å². The van der Waals surface area contributed by atoms with Crippen LogP contribution in [-0.4, -0.2) is 30.1 Å². The van der Waals surface area contributed by atoms with E-state index >= 15 is 0 Å². The average Bonchev–Trinajstić information content (AvgIpc) is 1.84. The second-order valence-electron chi connectivity index (χ2n) is 2.60. The lowest BCUT2D eigenvalue weighted by atomic mass is 10.2. The minimum Gasteiger partial charge on any atom is -0.481 e. The Hall–Kier alpha value is -0.710. The van der Waals surface area contributed by atoms with Gasteiger partial charge in [0.15, 0.2) is 0 Å². The number of carboxylic acid groups (broad SMARTS) is 1. The fourth-order valence-corrected chi connectivity index (χ4v) is 0.732. The van der Waals surface area contributed by atoms with Gasteiger partial charge >= 0.3 is 5.97 Å². The van der Waals surface area contributed by atoms with E-state index in [1.54, 1.807) is 0 Å². The van der Waals surface area contributed by atoms with Crippen molar-refractivity contribution in [2.24, 2.45) is 0 Å².